The monoisotopic (exact) mass is 294 g/mol. The van der Waals surface area contributed by atoms with E-state index in [0.29, 0.717) is 4.90 Å². The van der Waals surface area contributed by atoms with Crippen LogP contribution < -0.4 is 16.5 Å². The summed E-state index contributed by atoms with van der Waals surface area (Å²) in [5.41, 5.74) is 6.63. The van der Waals surface area contributed by atoms with E-state index in [9.17, 15) is 19.2 Å². The number of carbonyl (C=O) groups excluding carboxylic acids is 4. The number of rotatable bonds is 4. The molecule has 1 aliphatic rings. The van der Waals surface area contributed by atoms with Gasteiger partial charge in [-0.2, -0.15) is 0 Å². The van der Waals surface area contributed by atoms with Crippen LogP contribution in [0, 0.1) is 0 Å². The van der Waals surface area contributed by atoms with Gasteiger partial charge >= 0.3 is 0 Å². The van der Waals surface area contributed by atoms with E-state index >= 15 is 0 Å². The summed E-state index contributed by atoms with van der Waals surface area (Å²) in [6, 6.07) is -1.81. The van der Waals surface area contributed by atoms with Crippen molar-refractivity contribution < 1.29 is 24.4 Å². The third-order valence-corrected chi connectivity index (χ3v) is 2.40. The summed E-state index contributed by atoms with van der Waals surface area (Å²) < 4.78 is 0. The zero-order valence-corrected chi connectivity index (χ0v) is 10.9. The van der Waals surface area contributed by atoms with Crippen LogP contribution in [0.25, 0.3) is 0 Å². The minimum Gasteiger partial charge on any atom is -0.342 e. The Balaban J connectivity index is 0.00000324. The minimum atomic E-state index is -1.01. The molecule has 1 rings (SSSR count). The fourth-order valence-electron chi connectivity index (χ4n) is 1.44. The molecule has 0 bridgehead atoms. The van der Waals surface area contributed by atoms with Crippen LogP contribution in [0.15, 0.2) is 0 Å². The van der Waals surface area contributed by atoms with E-state index in [1.54, 1.807) is 0 Å². The maximum Gasteiger partial charge on any atom is 0.263 e. The Morgan fingerprint density at radius 3 is 2.58 bits per heavy atom. The number of amides is 4. The first-order valence-electron chi connectivity index (χ1n) is 5.20. The van der Waals surface area contributed by atoms with Crippen molar-refractivity contribution in [2.24, 2.45) is 5.73 Å². The van der Waals surface area contributed by atoms with Crippen molar-refractivity contribution in [2.75, 3.05) is 6.54 Å². The quantitative estimate of drug-likeness (QED) is 0.257. The topological polar surface area (TPSA) is 142 Å². The third kappa shape index (κ3) is 4.16. The second-order valence-corrected chi connectivity index (χ2v) is 3.91. The second kappa shape index (κ2) is 7.02. The highest BCUT2D eigenvalue weighted by Gasteiger charge is 2.40. The fourth-order valence-corrected chi connectivity index (χ4v) is 1.44. The van der Waals surface area contributed by atoms with E-state index in [4.69, 9.17) is 10.9 Å². The van der Waals surface area contributed by atoms with Crippen molar-refractivity contribution in [1.29, 1.82) is 0 Å². The van der Waals surface area contributed by atoms with Gasteiger partial charge in [0.25, 0.3) is 11.8 Å². The number of carbonyl (C=O) groups is 4. The molecule has 0 unspecified atom stereocenters. The second-order valence-electron chi connectivity index (χ2n) is 3.91. The van der Waals surface area contributed by atoms with Gasteiger partial charge in [-0.1, -0.05) is 0 Å². The minimum absolute atomic E-state index is 0. The van der Waals surface area contributed by atoms with Crippen LogP contribution >= 0.6 is 12.4 Å². The van der Waals surface area contributed by atoms with Crippen LogP contribution in [0.3, 0.4) is 0 Å². The summed E-state index contributed by atoms with van der Waals surface area (Å²) in [4.78, 5) is 46.0. The maximum atomic E-state index is 11.7. The Bertz CT molecular complexity index is 400. The zero-order valence-electron chi connectivity index (χ0n) is 10.1. The molecule has 10 heteroatoms. The smallest absolute Gasteiger partial charge is 0.263 e. The largest absolute Gasteiger partial charge is 0.342 e. The Hall–Kier alpha value is -1.71. The number of imide groups is 1. The van der Waals surface area contributed by atoms with Crippen molar-refractivity contribution in [3.05, 3.63) is 0 Å². The van der Waals surface area contributed by atoms with Crippen molar-refractivity contribution >= 4 is 36.0 Å². The number of nitrogens with zero attached hydrogens (tertiary/aromatic N) is 1. The van der Waals surface area contributed by atoms with Gasteiger partial charge in [-0.25, -0.2) is 5.48 Å². The molecule has 1 aliphatic heterocycles. The number of nitrogens with two attached hydrogens (primary N) is 1. The molecule has 0 spiro atoms. The van der Waals surface area contributed by atoms with Gasteiger partial charge in [-0.05, 0) is 6.92 Å². The first kappa shape index (κ1) is 17.3. The molecule has 9 nitrogen and oxygen atoms in total. The van der Waals surface area contributed by atoms with E-state index in [1.165, 1.54) is 12.4 Å². The molecule has 0 aromatic carbocycles. The molecule has 5 N–H and O–H groups in total. The first-order valence-corrected chi connectivity index (χ1v) is 5.20. The molecular weight excluding hydrogens is 280 g/mol. The molecule has 1 fully saturated rings. The highest BCUT2D eigenvalue weighted by molar-refractivity contribution is 6.08. The molecule has 4 amide bonds. The van der Waals surface area contributed by atoms with E-state index in [0.717, 1.165) is 0 Å². The Morgan fingerprint density at radius 1 is 1.53 bits per heavy atom. The van der Waals surface area contributed by atoms with Gasteiger partial charge in [0.2, 0.25) is 11.8 Å². The van der Waals surface area contributed by atoms with Gasteiger partial charge in [-0.3, -0.25) is 29.3 Å². The normalized spacial score (nSPS) is 19.7. The molecule has 0 saturated carbocycles. The van der Waals surface area contributed by atoms with Crippen LogP contribution in [0.2, 0.25) is 0 Å². The first-order chi connectivity index (χ1) is 8.36. The highest BCUT2D eigenvalue weighted by atomic mass is 35.5. The lowest BCUT2D eigenvalue weighted by Gasteiger charge is -2.15. The predicted molar refractivity (Wildman–Crippen MR) is 64.1 cm³/mol. The van der Waals surface area contributed by atoms with E-state index in [-0.39, 0.29) is 18.8 Å². The average Bonchev–Trinajstić information content (AvgIpc) is 2.56. The summed E-state index contributed by atoms with van der Waals surface area (Å²) >= 11 is 0. The number of hydrogen-bond donors (Lipinski definition) is 4. The molecular formula is C9H15ClN4O5. The van der Waals surface area contributed by atoms with Crippen molar-refractivity contribution in [3.8, 4) is 0 Å². The Morgan fingerprint density at radius 2 is 2.11 bits per heavy atom. The van der Waals surface area contributed by atoms with Crippen LogP contribution in [-0.2, 0) is 19.2 Å². The Kier molecular flexibility index (Phi) is 6.39. The Labute approximate surface area is 114 Å². The van der Waals surface area contributed by atoms with Gasteiger partial charge in [-0.15, -0.1) is 12.4 Å². The standard InChI is InChI=1S/C9H14N4O5.ClH/c1-4(10)8(16)11-5-2-7(15)13(9(5)17)3-6(14)12-18;/h4-5,18H,2-3,10H2,1H3,(H,11,16)(H,12,14);1H/t4-,5-;/m0./s1. The molecule has 108 valence electrons. The summed E-state index contributed by atoms with van der Waals surface area (Å²) in [6.45, 7) is 0.853. The lowest BCUT2D eigenvalue weighted by atomic mass is 10.2. The molecule has 0 aliphatic carbocycles. The molecule has 0 radical (unpaired) electrons. The van der Waals surface area contributed by atoms with Crippen LogP contribution in [0.5, 0.6) is 0 Å². The summed E-state index contributed by atoms with van der Waals surface area (Å²) in [5, 5.41) is 10.6. The predicted octanol–water partition coefficient (Wildman–Crippen LogP) is -2.50. The zero-order chi connectivity index (χ0) is 13.9. The van der Waals surface area contributed by atoms with Crippen molar-refractivity contribution in [2.45, 2.75) is 25.4 Å². The van der Waals surface area contributed by atoms with Gasteiger partial charge in [0, 0.05) is 0 Å². The molecule has 0 aromatic heterocycles. The van der Waals surface area contributed by atoms with E-state index in [2.05, 4.69) is 5.32 Å². The summed E-state index contributed by atoms with van der Waals surface area (Å²) in [5.74, 6) is -2.75. The lowest BCUT2D eigenvalue weighted by Crippen LogP contribution is -2.48. The summed E-state index contributed by atoms with van der Waals surface area (Å²) in [6.07, 6.45) is -0.226. The van der Waals surface area contributed by atoms with E-state index < -0.39 is 42.3 Å². The third-order valence-electron chi connectivity index (χ3n) is 2.40. The number of hydroxylamine groups is 1. The average molecular weight is 295 g/mol. The van der Waals surface area contributed by atoms with E-state index in [1.807, 2.05) is 0 Å². The van der Waals surface area contributed by atoms with Gasteiger partial charge in [0.15, 0.2) is 0 Å². The maximum absolute atomic E-state index is 11.7. The van der Waals surface area contributed by atoms with Gasteiger partial charge in [0.1, 0.15) is 12.6 Å². The van der Waals surface area contributed by atoms with Gasteiger partial charge in [0.05, 0.1) is 12.5 Å². The number of nitrogens with one attached hydrogen (secondary N) is 2. The molecule has 19 heavy (non-hydrogen) atoms. The molecule has 0 aromatic rings. The summed E-state index contributed by atoms with van der Waals surface area (Å²) in [7, 11) is 0. The number of hydrogen-bond acceptors (Lipinski definition) is 6. The molecule has 1 saturated heterocycles. The highest BCUT2D eigenvalue weighted by Crippen LogP contribution is 2.12. The van der Waals surface area contributed by atoms with Crippen LogP contribution in [0.1, 0.15) is 13.3 Å². The van der Waals surface area contributed by atoms with Crippen LogP contribution in [-0.4, -0.2) is 52.4 Å². The van der Waals surface area contributed by atoms with Gasteiger partial charge < -0.3 is 11.1 Å². The molecule has 2 atom stereocenters. The van der Waals surface area contributed by atoms with Crippen molar-refractivity contribution in [1.82, 2.24) is 15.7 Å². The number of halogens is 1. The fraction of sp³-hybridized carbons (Fsp3) is 0.556. The number of likely N-dealkylation sites (tertiary alicyclic amines) is 1. The SMILES string of the molecule is C[C@H](N)C(=O)N[C@H]1CC(=O)N(CC(=O)NO)C1=O.Cl. The van der Waals surface area contributed by atoms with Crippen molar-refractivity contribution in [3.63, 3.8) is 0 Å². The van der Waals surface area contributed by atoms with Crippen LogP contribution in [0.4, 0.5) is 0 Å². The molecule has 1 heterocycles. The lowest BCUT2D eigenvalue weighted by molar-refractivity contribution is -0.145.